The fourth-order valence-electron chi connectivity index (χ4n) is 1.01. The second kappa shape index (κ2) is 4.08. The van der Waals surface area contributed by atoms with Crippen LogP contribution in [0.5, 0.6) is 0 Å². The Morgan fingerprint density at radius 3 is 1.78 bits per heavy atom. The summed E-state index contributed by atoms with van der Waals surface area (Å²) in [5.74, 6) is 1.71. The first-order valence-corrected chi connectivity index (χ1v) is 6.19. The Kier molecular flexibility index (Phi) is 3.71. The van der Waals surface area contributed by atoms with Gasteiger partial charge in [-0.15, -0.1) is 0 Å². The number of hydrogen-bond donors (Lipinski definition) is 0. The molecule has 0 aliphatic carbocycles. The summed E-state index contributed by atoms with van der Waals surface area (Å²) in [6.45, 7) is 0. The molecule has 0 aromatic rings. The maximum atomic E-state index is 5.70. The fraction of sp³-hybridized carbons (Fsp3) is 1.00. The normalized spacial score (nSPS) is 35.3. The van der Waals surface area contributed by atoms with Gasteiger partial charge in [0.05, 0.1) is 0 Å². The first-order valence-electron chi connectivity index (χ1n) is 3.14. The van der Waals surface area contributed by atoms with Crippen molar-refractivity contribution in [3.05, 3.63) is 0 Å². The maximum absolute atomic E-state index is 5.70. The van der Waals surface area contributed by atoms with Crippen LogP contribution in [0, 0.1) is 0 Å². The summed E-state index contributed by atoms with van der Waals surface area (Å²) in [4.78, 5) is 1.64. The average Bonchev–Trinajstić information content (AvgIpc) is 2.34. The van der Waals surface area contributed by atoms with Crippen LogP contribution < -0.4 is 0 Å². The zero-order valence-corrected chi connectivity index (χ0v) is 8.37. The van der Waals surface area contributed by atoms with Gasteiger partial charge in [0.25, 0.3) is 0 Å². The van der Waals surface area contributed by atoms with Gasteiger partial charge in [0, 0.05) is 0 Å². The van der Waals surface area contributed by atoms with Gasteiger partial charge >= 0.3 is 72.4 Å². The summed E-state index contributed by atoms with van der Waals surface area (Å²) in [5, 5.41) is 0. The molecule has 3 heteroatoms. The molecule has 1 aliphatic heterocycles. The van der Waals surface area contributed by atoms with Crippen LogP contribution in [0.3, 0.4) is 0 Å². The van der Waals surface area contributed by atoms with Crippen LogP contribution in [0.1, 0.15) is 12.8 Å². The first kappa shape index (κ1) is 8.20. The number of rotatable bonds is 2. The molecule has 9 heavy (non-hydrogen) atoms. The van der Waals surface area contributed by atoms with Gasteiger partial charge in [-0.05, 0) is 0 Å². The second-order valence-electron chi connectivity index (χ2n) is 2.27. The molecule has 1 aliphatic rings. The van der Waals surface area contributed by atoms with Gasteiger partial charge < -0.3 is 0 Å². The van der Waals surface area contributed by atoms with Crippen molar-refractivity contribution in [3.8, 4) is 0 Å². The molecule has 2 unspecified atom stereocenters. The van der Waals surface area contributed by atoms with Gasteiger partial charge in [0.1, 0.15) is 0 Å². The van der Waals surface area contributed by atoms with Crippen molar-refractivity contribution in [1.82, 2.24) is 0 Å². The van der Waals surface area contributed by atoms with Crippen LogP contribution in [0.15, 0.2) is 0 Å². The van der Waals surface area contributed by atoms with Crippen LogP contribution in [0.4, 0.5) is 0 Å². The summed E-state index contributed by atoms with van der Waals surface area (Å²) in [5.41, 5.74) is 0. The molecule has 2 atom stereocenters. The molecule has 1 heterocycles. The Morgan fingerprint density at radius 2 is 1.56 bits per heavy atom. The minimum atomic E-state index is 0.740. The number of alkyl halides is 2. The number of hydrogen-bond acceptors (Lipinski definition) is 0. The van der Waals surface area contributed by atoms with Gasteiger partial charge in [0.2, 0.25) is 0 Å². The molecule has 0 aromatic heterocycles. The van der Waals surface area contributed by atoms with E-state index in [1.54, 1.807) is 0 Å². The average molecular weight is 232 g/mol. The van der Waals surface area contributed by atoms with Gasteiger partial charge in [-0.3, -0.25) is 0 Å². The van der Waals surface area contributed by atoms with E-state index in [4.69, 9.17) is 23.2 Å². The summed E-state index contributed by atoms with van der Waals surface area (Å²) >= 11 is 12.1. The molecule has 0 amide bonds. The van der Waals surface area contributed by atoms with Crippen molar-refractivity contribution in [2.75, 3.05) is 11.8 Å². The molecule has 0 spiro atoms. The van der Waals surface area contributed by atoms with Gasteiger partial charge in [-0.25, -0.2) is 0 Å². The van der Waals surface area contributed by atoms with Crippen molar-refractivity contribution < 1.29 is 0 Å². The molecule has 0 aromatic carbocycles. The van der Waals surface area contributed by atoms with Crippen LogP contribution in [0.2, 0.25) is 9.63 Å². The third kappa shape index (κ3) is 2.31. The van der Waals surface area contributed by atoms with Crippen LogP contribution in [0.25, 0.3) is 0 Å². The van der Waals surface area contributed by atoms with Crippen molar-refractivity contribution in [1.29, 1.82) is 0 Å². The Hall–Kier alpha value is 1.10. The van der Waals surface area contributed by atoms with Gasteiger partial charge in [0.15, 0.2) is 0 Å². The Bertz CT molecular complexity index is 77.1. The SMILES string of the molecule is ClCC1CCC(CCl)[Se]1. The molecule has 0 radical (unpaired) electrons. The van der Waals surface area contributed by atoms with E-state index < -0.39 is 0 Å². The summed E-state index contributed by atoms with van der Waals surface area (Å²) in [6, 6.07) is 0. The number of halogens is 2. The fourth-order valence-corrected chi connectivity index (χ4v) is 4.66. The summed E-state index contributed by atoms with van der Waals surface area (Å²) in [7, 11) is 0. The minimum absolute atomic E-state index is 0.740. The van der Waals surface area contributed by atoms with E-state index >= 15 is 0 Å². The molecule has 1 fully saturated rings. The zero-order chi connectivity index (χ0) is 6.69. The van der Waals surface area contributed by atoms with E-state index in [9.17, 15) is 0 Å². The van der Waals surface area contributed by atoms with Gasteiger partial charge in [-0.2, -0.15) is 0 Å². The van der Waals surface area contributed by atoms with E-state index in [0.717, 1.165) is 36.3 Å². The third-order valence-corrected chi connectivity index (χ3v) is 6.42. The summed E-state index contributed by atoms with van der Waals surface area (Å²) < 4.78 is 0. The Labute approximate surface area is 72.4 Å². The molecule has 0 bridgehead atoms. The van der Waals surface area contributed by atoms with E-state index in [0.29, 0.717) is 0 Å². The monoisotopic (exact) mass is 232 g/mol. The van der Waals surface area contributed by atoms with E-state index in [-0.39, 0.29) is 0 Å². The summed E-state index contributed by atoms with van der Waals surface area (Å²) in [6.07, 6.45) is 2.64. The zero-order valence-electron chi connectivity index (χ0n) is 5.15. The first-order chi connectivity index (χ1) is 4.36. The topological polar surface area (TPSA) is 0 Å². The molecule has 0 nitrogen and oxygen atoms in total. The molecule has 1 rings (SSSR count). The third-order valence-electron chi connectivity index (χ3n) is 1.54. The Morgan fingerprint density at radius 1 is 1.11 bits per heavy atom. The molecule has 54 valence electrons. The molecular weight excluding hydrogens is 222 g/mol. The van der Waals surface area contributed by atoms with E-state index in [1.807, 2.05) is 0 Å². The van der Waals surface area contributed by atoms with E-state index in [2.05, 4.69) is 0 Å². The molecule has 0 saturated carbocycles. The van der Waals surface area contributed by atoms with Crippen molar-refractivity contribution >= 4 is 38.2 Å². The predicted octanol–water partition coefficient (Wildman–Crippen LogP) is 2.54. The predicted molar refractivity (Wildman–Crippen MR) is 43.9 cm³/mol. The Balaban J connectivity index is 2.20. The molecule has 0 N–H and O–H groups in total. The van der Waals surface area contributed by atoms with Crippen LogP contribution in [-0.2, 0) is 0 Å². The standard InChI is InChI=1S/C6H10Cl2Se/c7-3-5-1-2-6(4-8)9-5/h5-6H,1-4H2. The second-order valence-corrected chi connectivity index (χ2v) is 6.25. The van der Waals surface area contributed by atoms with Crippen molar-refractivity contribution in [3.63, 3.8) is 0 Å². The molecule has 1 saturated heterocycles. The van der Waals surface area contributed by atoms with Crippen LogP contribution >= 0.6 is 23.2 Å². The van der Waals surface area contributed by atoms with Gasteiger partial charge in [-0.1, -0.05) is 0 Å². The van der Waals surface area contributed by atoms with Crippen molar-refractivity contribution in [2.24, 2.45) is 0 Å². The molecular formula is C6H10Cl2Se. The quantitative estimate of drug-likeness (QED) is 0.507. The van der Waals surface area contributed by atoms with E-state index in [1.165, 1.54) is 12.8 Å². The van der Waals surface area contributed by atoms with Crippen molar-refractivity contribution in [2.45, 2.75) is 22.5 Å². The van der Waals surface area contributed by atoms with Crippen LogP contribution in [-0.4, -0.2) is 26.7 Å².